The summed E-state index contributed by atoms with van der Waals surface area (Å²) in [5.74, 6) is 0.624. The first-order chi connectivity index (χ1) is 16.5. The molecule has 0 unspecified atom stereocenters. The van der Waals surface area contributed by atoms with Crippen LogP contribution in [-0.4, -0.2) is 23.9 Å². The van der Waals surface area contributed by atoms with E-state index in [1.54, 1.807) is 54.6 Å². The van der Waals surface area contributed by atoms with E-state index in [1.807, 2.05) is 18.2 Å². The molecule has 0 bridgehead atoms. The van der Waals surface area contributed by atoms with E-state index in [-0.39, 0.29) is 15.9 Å². The number of ether oxygens (including phenoxy) is 2. The molecule has 8 heteroatoms. The van der Waals surface area contributed by atoms with Crippen LogP contribution in [0.15, 0.2) is 96.6 Å². The van der Waals surface area contributed by atoms with Crippen molar-refractivity contribution in [1.29, 1.82) is 0 Å². The predicted molar refractivity (Wildman–Crippen MR) is 131 cm³/mol. The highest BCUT2D eigenvalue weighted by Crippen LogP contribution is 2.40. The maximum atomic E-state index is 13.8. The van der Waals surface area contributed by atoms with Crippen LogP contribution in [0.2, 0.25) is 0 Å². The molecular formula is C26H19NO6S. The van der Waals surface area contributed by atoms with Gasteiger partial charge in [-0.05, 0) is 36.4 Å². The van der Waals surface area contributed by atoms with Crippen LogP contribution >= 0.6 is 11.8 Å². The molecule has 0 spiro atoms. The number of fused-ring (bicyclic) bond motifs is 3. The third-order valence-electron chi connectivity index (χ3n) is 5.46. The van der Waals surface area contributed by atoms with Gasteiger partial charge in [0.1, 0.15) is 21.8 Å². The van der Waals surface area contributed by atoms with E-state index in [1.165, 1.54) is 18.8 Å². The van der Waals surface area contributed by atoms with Crippen LogP contribution in [0.5, 0.6) is 17.2 Å². The second-order valence-electron chi connectivity index (χ2n) is 7.38. The highest BCUT2D eigenvalue weighted by Gasteiger charge is 2.23. The SMILES string of the molecule is COc1ccc2c3oc(=O)c(Sc4ccccc4OC)c(O)c3c(=O)n(-c3ccccc3)c2c1. The van der Waals surface area contributed by atoms with Crippen LogP contribution in [0.25, 0.3) is 27.6 Å². The van der Waals surface area contributed by atoms with Gasteiger partial charge in [-0.1, -0.05) is 42.1 Å². The Labute approximate surface area is 197 Å². The number of hydrogen-bond acceptors (Lipinski definition) is 7. The van der Waals surface area contributed by atoms with Gasteiger partial charge in [0.25, 0.3) is 5.56 Å². The van der Waals surface area contributed by atoms with Crippen LogP contribution in [-0.2, 0) is 0 Å². The molecule has 0 aliphatic rings. The van der Waals surface area contributed by atoms with Crippen LogP contribution in [0.4, 0.5) is 0 Å². The van der Waals surface area contributed by atoms with E-state index in [2.05, 4.69) is 0 Å². The van der Waals surface area contributed by atoms with Crippen molar-refractivity contribution in [2.75, 3.05) is 14.2 Å². The third kappa shape index (κ3) is 3.48. The molecule has 5 rings (SSSR count). The van der Waals surface area contributed by atoms with E-state index >= 15 is 0 Å². The van der Waals surface area contributed by atoms with Gasteiger partial charge in [-0.15, -0.1) is 0 Å². The molecule has 0 aliphatic heterocycles. The summed E-state index contributed by atoms with van der Waals surface area (Å²) >= 11 is 0.979. The number of para-hydroxylation sites is 2. The number of nitrogens with zero attached hydrogens (tertiary/aromatic N) is 1. The Morgan fingerprint density at radius 2 is 1.65 bits per heavy atom. The largest absolute Gasteiger partial charge is 0.505 e. The zero-order chi connectivity index (χ0) is 23.8. The van der Waals surface area contributed by atoms with Crippen molar-refractivity contribution in [1.82, 2.24) is 4.57 Å². The van der Waals surface area contributed by atoms with Gasteiger partial charge >= 0.3 is 5.63 Å². The van der Waals surface area contributed by atoms with Gasteiger partial charge in [0.2, 0.25) is 0 Å². The van der Waals surface area contributed by atoms with Crippen molar-refractivity contribution in [3.63, 3.8) is 0 Å². The highest BCUT2D eigenvalue weighted by atomic mass is 32.2. The Morgan fingerprint density at radius 1 is 0.912 bits per heavy atom. The molecule has 0 saturated heterocycles. The second-order valence-corrected chi connectivity index (χ2v) is 8.44. The van der Waals surface area contributed by atoms with Crippen LogP contribution < -0.4 is 20.7 Å². The van der Waals surface area contributed by atoms with E-state index in [9.17, 15) is 14.7 Å². The number of pyridine rings is 1. The molecule has 5 aromatic rings. The van der Waals surface area contributed by atoms with E-state index < -0.39 is 16.9 Å². The van der Waals surface area contributed by atoms with Gasteiger partial charge in [-0.2, -0.15) is 0 Å². The highest BCUT2D eigenvalue weighted by molar-refractivity contribution is 7.99. The molecule has 34 heavy (non-hydrogen) atoms. The zero-order valence-corrected chi connectivity index (χ0v) is 19.1. The van der Waals surface area contributed by atoms with E-state index in [0.29, 0.717) is 33.0 Å². The molecule has 2 heterocycles. The van der Waals surface area contributed by atoms with E-state index in [4.69, 9.17) is 13.9 Å². The summed E-state index contributed by atoms with van der Waals surface area (Å²) < 4.78 is 17.8. The average molecular weight is 474 g/mol. The lowest BCUT2D eigenvalue weighted by Gasteiger charge is -2.15. The Hall–Kier alpha value is -4.17. The second kappa shape index (κ2) is 8.64. The molecule has 1 N–H and O–H groups in total. The summed E-state index contributed by atoms with van der Waals surface area (Å²) in [6.07, 6.45) is 0. The smallest absolute Gasteiger partial charge is 0.354 e. The summed E-state index contributed by atoms with van der Waals surface area (Å²) in [5, 5.41) is 11.6. The number of methoxy groups -OCH3 is 2. The standard InChI is InChI=1S/C26H19NO6S/c1-31-16-12-13-17-18(14-16)27(15-8-4-3-5-9-15)25(29)21-22(28)24(26(30)33-23(17)21)34-20-11-7-6-10-19(20)32-2/h3-14,28H,1-2H3. The van der Waals surface area contributed by atoms with Crippen LogP contribution in [0.3, 0.4) is 0 Å². The average Bonchev–Trinajstić information content (AvgIpc) is 2.86. The summed E-state index contributed by atoms with van der Waals surface area (Å²) in [4.78, 5) is 27.2. The van der Waals surface area contributed by atoms with Gasteiger partial charge in [0.05, 0.1) is 24.6 Å². The lowest BCUT2D eigenvalue weighted by atomic mass is 10.1. The normalized spacial score (nSPS) is 11.1. The molecule has 0 fully saturated rings. The Bertz CT molecular complexity index is 1660. The minimum atomic E-state index is -0.755. The molecule has 3 aromatic carbocycles. The monoisotopic (exact) mass is 473 g/mol. The number of rotatable bonds is 5. The van der Waals surface area contributed by atoms with Gasteiger partial charge in [-0.25, -0.2) is 4.79 Å². The molecule has 0 atom stereocenters. The zero-order valence-electron chi connectivity index (χ0n) is 18.3. The molecule has 0 radical (unpaired) electrons. The van der Waals surface area contributed by atoms with Crippen LogP contribution in [0, 0.1) is 0 Å². The molecule has 0 aliphatic carbocycles. The number of aromatic nitrogens is 1. The quantitative estimate of drug-likeness (QED) is 0.360. The topological polar surface area (TPSA) is 90.9 Å². The van der Waals surface area contributed by atoms with Gasteiger partial charge < -0.3 is 19.0 Å². The van der Waals surface area contributed by atoms with Crippen molar-refractivity contribution >= 4 is 33.6 Å². The summed E-state index contributed by atoms with van der Waals surface area (Å²) in [5.41, 5.74) is -0.186. The van der Waals surface area contributed by atoms with Gasteiger partial charge in [0.15, 0.2) is 11.3 Å². The first-order valence-electron chi connectivity index (χ1n) is 10.3. The lowest BCUT2D eigenvalue weighted by molar-refractivity contribution is 0.404. The first kappa shape index (κ1) is 21.7. The fraction of sp³-hybridized carbons (Fsp3) is 0.0769. The summed E-state index contributed by atoms with van der Waals surface area (Å²) in [6, 6.07) is 21.2. The van der Waals surface area contributed by atoms with E-state index in [0.717, 1.165) is 11.8 Å². The Balaban J connectivity index is 1.87. The number of hydrogen-bond donors (Lipinski definition) is 1. The maximum Gasteiger partial charge on any atom is 0.354 e. The van der Waals surface area contributed by atoms with Crippen molar-refractivity contribution in [2.45, 2.75) is 9.79 Å². The molecule has 170 valence electrons. The van der Waals surface area contributed by atoms with Crippen molar-refractivity contribution in [2.24, 2.45) is 0 Å². The summed E-state index contributed by atoms with van der Waals surface area (Å²) in [7, 11) is 3.04. The lowest BCUT2D eigenvalue weighted by Crippen LogP contribution is -2.20. The van der Waals surface area contributed by atoms with Crippen molar-refractivity contribution < 1.29 is 19.0 Å². The number of benzene rings is 3. The first-order valence-corrected chi connectivity index (χ1v) is 11.1. The minimum absolute atomic E-state index is 0.0155. The molecule has 2 aromatic heterocycles. The minimum Gasteiger partial charge on any atom is -0.505 e. The molecule has 7 nitrogen and oxygen atoms in total. The molecule has 0 amide bonds. The van der Waals surface area contributed by atoms with Gasteiger partial charge in [0, 0.05) is 17.1 Å². The predicted octanol–water partition coefficient (Wildman–Crippen LogP) is 4.97. The third-order valence-corrected chi connectivity index (χ3v) is 6.58. The van der Waals surface area contributed by atoms with Gasteiger partial charge in [-0.3, -0.25) is 9.36 Å². The maximum absolute atomic E-state index is 13.8. The van der Waals surface area contributed by atoms with Crippen LogP contribution in [0.1, 0.15) is 0 Å². The Morgan fingerprint density at radius 3 is 2.38 bits per heavy atom. The van der Waals surface area contributed by atoms with Crippen molar-refractivity contribution in [3.8, 4) is 22.9 Å². The molecule has 0 saturated carbocycles. The fourth-order valence-electron chi connectivity index (χ4n) is 3.87. The fourth-order valence-corrected chi connectivity index (χ4v) is 4.81. The number of aromatic hydroxyl groups is 1. The molecular weight excluding hydrogens is 454 g/mol. The van der Waals surface area contributed by atoms with Crippen molar-refractivity contribution in [3.05, 3.63) is 93.6 Å². The Kier molecular flexibility index (Phi) is 5.51. The summed E-state index contributed by atoms with van der Waals surface area (Å²) in [6.45, 7) is 0.